The predicted octanol–water partition coefficient (Wildman–Crippen LogP) is 3.20. The van der Waals surface area contributed by atoms with Crippen LogP contribution in [0.3, 0.4) is 0 Å². The van der Waals surface area contributed by atoms with Crippen molar-refractivity contribution in [2.24, 2.45) is 0 Å². The zero-order valence-electron chi connectivity index (χ0n) is 19.2. The summed E-state index contributed by atoms with van der Waals surface area (Å²) in [5.74, 6) is -4.07. The Morgan fingerprint density at radius 2 is 1.65 bits per heavy atom. The van der Waals surface area contributed by atoms with Crippen LogP contribution in [0.25, 0.3) is 0 Å². The minimum Gasteiger partial charge on any atom is -0.354 e. The minimum absolute atomic E-state index is 0.0907. The average Bonchev–Trinajstić information content (AvgIpc) is 2.78. The molecule has 2 aromatic rings. The van der Waals surface area contributed by atoms with Gasteiger partial charge in [-0.2, -0.15) is 0 Å². The Balaban J connectivity index is 2.43. The van der Waals surface area contributed by atoms with Crippen LogP contribution in [-0.2, 0) is 26.2 Å². The van der Waals surface area contributed by atoms with E-state index in [9.17, 15) is 31.2 Å². The van der Waals surface area contributed by atoms with Crippen LogP contribution < -0.4 is 9.62 Å². The highest BCUT2D eigenvalue weighted by molar-refractivity contribution is 7.92. The summed E-state index contributed by atoms with van der Waals surface area (Å²) in [6.45, 7) is 3.12. The number of carbonyl (C=O) groups is 2. The first-order valence-corrected chi connectivity index (χ1v) is 12.6. The number of nitrogens with one attached hydrogen (secondary N) is 1. The summed E-state index contributed by atoms with van der Waals surface area (Å²) >= 11 is 0. The van der Waals surface area contributed by atoms with Crippen molar-refractivity contribution in [3.8, 4) is 0 Å². The van der Waals surface area contributed by atoms with Gasteiger partial charge in [0.25, 0.3) is 0 Å². The number of hydrogen-bond donors (Lipinski definition) is 1. The van der Waals surface area contributed by atoms with Gasteiger partial charge in [0, 0.05) is 19.2 Å². The molecular formula is C23H28F3N3O4S. The number of amides is 2. The van der Waals surface area contributed by atoms with Crippen molar-refractivity contribution in [3.63, 3.8) is 0 Å². The Morgan fingerprint density at radius 3 is 2.18 bits per heavy atom. The van der Waals surface area contributed by atoms with Crippen molar-refractivity contribution in [1.82, 2.24) is 10.2 Å². The van der Waals surface area contributed by atoms with Crippen molar-refractivity contribution >= 4 is 27.5 Å². The largest absolute Gasteiger partial charge is 0.354 e. The van der Waals surface area contributed by atoms with Crippen molar-refractivity contribution in [2.75, 3.05) is 23.7 Å². The highest BCUT2D eigenvalue weighted by atomic mass is 32.2. The lowest BCUT2D eigenvalue weighted by molar-refractivity contribution is -0.140. The molecule has 0 aliphatic carbocycles. The van der Waals surface area contributed by atoms with Gasteiger partial charge < -0.3 is 10.2 Å². The molecule has 1 N–H and O–H groups in total. The van der Waals surface area contributed by atoms with Gasteiger partial charge in [-0.05, 0) is 42.7 Å². The van der Waals surface area contributed by atoms with E-state index in [1.807, 2.05) is 6.92 Å². The zero-order valence-corrected chi connectivity index (χ0v) is 20.0. The molecule has 2 aromatic carbocycles. The van der Waals surface area contributed by atoms with Crippen molar-refractivity contribution in [1.29, 1.82) is 0 Å². The predicted molar refractivity (Wildman–Crippen MR) is 123 cm³/mol. The number of anilines is 1. The molecule has 0 unspecified atom stereocenters. The molecule has 0 heterocycles. The molecule has 34 heavy (non-hydrogen) atoms. The van der Waals surface area contributed by atoms with E-state index in [2.05, 4.69) is 5.32 Å². The molecule has 0 aliphatic rings. The summed E-state index contributed by atoms with van der Waals surface area (Å²) < 4.78 is 66.0. The van der Waals surface area contributed by atoms with Gasteiger partial charge in [0.15, 0.2) is 11.6 Å². The van der Waals surface area contributed by atoms with Gasteiger partial charge in [-0.25, -0.2) is 21.6 Å². The highest BCUT2D eigenvalue weighted by Crippen LogP contribution is 2.22. The molecule has 7 nitrogen and oxygen atoms in total. The topological polar surface area (TPSA) is 86.8 Å². The first-order valence-electron chi connectivity index (χ1n) is 10.7. The van der Waals surface area contributed by atoms with Crippen molar-refractivity contribution in [3.05, 3.63) is 65.5 Å². The average molecular weight is 500 g/mol. The second-order valence-corrected chi connectivity index (χ2v) is 9.64. The van der Waals surface area contributed by atoms with Crippen LogP contribution in [0.15, 0.2) is 42.5 Å². The molecule has 2 amide bonds. The van der Waals surface area contributed by atoms with E-state index in [1.54, 1.807) is 6.92 Å². The number of rotatable bonds is 11. The normalized spacial score (nSPS) is 12.2. The third kappa shape index (κ3) is 7.21. The molecule has 2 rings (SSSR count). The van der Waals surface area contributed by atoms with Crippen LogP contribution in [0.5, 0.6) is 0 Å². The third-order valence-electron chi connectivity index (χ3n) is 5.07. The fraction of sp³-hybridized carbons (Fsp3) is 0.391. The van der Waals surface area contributed by atoms with Crippen LogP contribution in [-0.4, -0.2) is 50.5 Å². The summed E-state index contributed by atoms with van der Waals surface area (Å²) in [6, 6.07) is 6.88. The first kappa shape index (κ1) is 27.2. The van der Waals surface area contributed by atoms with E-state index in [0.29, 0.717) is 28.9 Å². The molecule has 186 valence electrons. The molecule has 1 atom stereocenters. The lowest BCUT2D eigenvalue weighted by Gasteiger charge is -2.32. The fourth-order valence-electron chi connectivity index (χ4n) is 3.33. The highest BCUT2D eigenvalue weighted by Gasteiger charge is 2.31. The molecule has 11 heteroatoms. The molecule has 0 aliphatic heterocycles. The summed E-state index contributed by atoms with van der Waals surface area (Å²) in [6.07, 6.45) is 1.73. The summed E-state index contributed by atoms with van der Waals surface area (Å²) in [4.78, 5) is 27.3. The number of carbonyl (C=O) groups excluding carboxylic acids is 2. The Kier molecular flexibility index (Phi) is 9.48. The molecule has 0 fully saturated rings. The quantitative estimate of drug-likeness (QED) is 0.515. The number of sulfonamides is 1. The van der Waals surface area contributed by atoms with Crippen LogP contribution in [0, 0.1) is 17.5 Å². The van der Waals surface area contributed by atoms with Gasteiger partial charge in [0.2, 0.25) is 21.8 Å². The Bertz CT molecular complexity index is 1110. The second-order valence-electron chi connectivity index (χ2n) is 7.73. The van der Waals surface area contributed by atoms with Gasteiger partial charge >= 0.3 is 0 Å². The molecular weight excluding hydrogens is 471 g/mol. The van der Waals surface area contributed by atoms with E-state index in [1.165, 1.54) is 29.2 Å². The monoisotopic (exact) mass is 499 g/mol. The lowest BCUT2D eigenvalue weighted by atomic mass is 10.1. The maximum absolute atomic E-state index is 13.8. The maximum atomic E-state index is 13.8. The van der Waals surface area contributed by atoms with E-state index >= 15 is 0 Å². The number of halogens is 3. The summed E-state index contributed by atoms with van der Waals surface area (Å²) in [5.41, 5.74) is 0.287. The minimum atomic E-state index is -4.07. The Labute approximate surface area is 197 Å². The summed E-state index contributed by atoms with van der Waals surface area (Å²) in [5, 5.41) is 2.73. The van der Waals surface area contributed by atoms with Crippen LogP contribution in [0.4, 0.5) is 18.9 Å². The molecule has 0 aromatic heterocycles. The van der Waals surface area contributed by atoms with E-state index in [0.717, 1.165) is 18.4 Å². The summed E-state index contributed by atoms with van der Waals surface area (Å²) in [7, 11) is -4.07. The van der Waals surface area contributed by atoms with Crippen LogP contribution >= 0.6 is 0 Å². The number of hydrogen-bond acceptors (Lipinski definition) is 4. The SMILES string of the molecule is CCCNC(=O)[C@@H](CC)N(Cc1ccc(F)cc1)C(=O)CN(c1ccc(F)c(F)c1)S(C)(=O)=O. The molecule has 0 saturated carbocycles. The Hall–Kier alpha value is -3.08. The zero-order chi connectivity index (χ0) is 25.5. The van der Waals surface area contributed by atoms with Crippen molar-refractivity contribution < 1.29 is 31.2 Å². The second kappa shape index (κ2) is 11.9. The van der Waals surface area contributed by atoms with Crippen LogP contribution in [0.1, 0.15) is 32.3 Å². The van der Waals surface area contributed by atoms with E-state index < -0.39 is 51.9 Å². The standard InChI is InChI=1S/C23H28F3N3O4S/c1-4-12-27-23(31)21(5-2)28(14-16-6-8-17(24)9-7-16)22(30)15-29(34(3,32)33)18-10-11-19(25)20(26)13-18/h6-11,13,21H,4-5,12,14-15H2,1-3H3,(H,27,31)/t21-/m1/s1. The van der Waals surface area contributed by atoms with E-state index in [4.69, 9.17) is 0 Å². The Morgan fingerprint density at radius 1 is 1.00 bits per heavy atom. The lowest BCUT2D eigenvalue weighted by Crippen LogP contribution is -2.52. The molecule has 0 saturated heterocycles. The molecule has 0 spiro atoms. The fourth-order valence-corrected chi connectivity index (χ4v) is 4.17. The van der Waals surface area contributed by atoms with Gasteiger partial charge in [-0.15, -0.1) is 0 Å². The van der Waals surface area contributed by atoms with Gasteiger partial charge in [-0.1, -0.05) is 26.0 Å². The van der Waals surface area contributed by atoms with Gasteiger partial charge in [0.05, 0.1) is 11.9 Å². The van der Waals surface area contributed by atoms with Crippen molar-refractivity contribution in [2.45, 2.75) is 39.3 Å². The maximum Gasteiger partial charge on any atom is 0.244 e. The smallest absolute Gasteiger partial charge is 0.244 e. The third-order valence-corrected chi connectivity index (χ3v) is 6.21. The van der Waals surface area contributed by atoms with E-state index in [-0.39, 0.29) is 18.7 Å². The number of nitrogens with zero attached hydrogens (tertiary/aromatic N) is 2. The number of benzene rings is 2. The first-order chi connectivity index (χ1) is 16.0. The molecule has 0 bridgehead atoms. The van der Waals surface area contributed by atoms with Gasteiger partial charge in [0.1, 0.15) is 18.4 Å². The molecule has 0 radical (unpaired) electrons. The van der Waals surface area contributed by atoms with Gasteiger partial charge in [-0.3, -0.25) is 13.9 Å². The van der Waals surface area contributed by atoms with Crippen LogP contribution in [0.2, 0.25) is 0 Å².